The lowest BCUT2D eigenvalue weighted by Crippen LogP contribution is -2.26. The number of nitrogens with one attached hydrogen (secondary N) is 1. The maximum atomic E-state index is 12.1. The van der Waals surface area contributed by atoms with Gasteiger partial charge in [0.2, 0.25) is 17.6 Å². The Hall–Kier alpha value is -3.15. The van der Waals surface area contributed by atoms with Crippen molar-refractivity contribution in [1.82, 2.24) is 15.5 Å². The van der Waals surface area contributed by atoms with Crippen LogP contribution < -0.4 is 10.1 Å². The van der Waals surface area contributed by atoms with Gasteiger partial charge in [-0.25, -0.2) is 0 Å². The van der Waals surface area contributed by atoms with Gasteiger partial charge in [0, 0.05) is 18.4 Å². The van der Waals surface area contributed by atoms with Crippen LogP contribution in [0, 0.1) is 0 Å². The normalized spacial score (nSPS) is 11.8. The van der Waals surface area contributed by atoms with Crippen molar-refractivity contribution >= 4 is 5.91 Å². The molecule has 0 bridgehead atoms. The number of aromatic nitrogens is 2. The van der Waals surface area contributed by atoms with Gasteiger partial charge in [0.25, 0.3) is 0 Å². The molecule has 26 heavy (non-hydrogen) atoms. The van der Waals surface area contributed by atoms with Crippen molar-refractivity contribution in [2.45, 2.75) is 25.8 Å². The average Bonchev–Trinajstić information content (AvgIpc) is 3.16. The minimum absolute atomic E-state index is 0.0428. The Bertz CT molecular complexity index is 862. The van der Waals surface area contributed by atoms with Crippen molar-refractivity contribution in [3.05, 3.63) is 66.1 Å². The van der Waals surface area contributed by atoms with Gasteiger partial charge >= 0.3 is 0 Å². The van der Waals surface area contributed by atoms with E-state index < -0.39 is 0 Å². The lowest BCUT2D eigenvalue weighted by atomic mass is 10.1. The lowest BCUT2D eigenvalue weighted by Gasteiger charge is -2.13. The number of hydrogen-bond donors (Lipinski definition) is 1. The molecule has 0 saturated carbocycles. The summed E-state index contributed by atoms with van der Waals surface area (Å²) in [6.45, 7) is 1.96. The highest BCUT2D eigenvalue weighted by Gasteiger charge is 2.13. The minimum atomic E-state index is -0.0533. The molecule has 0 fully saturated rings. The van der Waals surface area contributed by atoms with Gasteiger partial charge < -0.3 is 14.6 Å². The van der Waals surface area contributed by atoms with E-state index in [2.05, 4.69) is 15.5 Å². The molecule has 1 N–H and O–H groups in total. The number of aryl methyl sites for hydroxylation is 1. The van der Waals surface area contributed by atoms with Gasteiger partial charge in [0.1, 0.15) is 5.75 Å². The first-order valence-electron chi connectivity index (χ1n) is 8.47. The highest BCUT2D eigenvalue weighted by atomic mass is 16.5. The first-order chi connectivity index (χ1) is 12.7. The molecule has 0 spiro atoms. The Balaban J connectivity index is 1.55. The molecule has 0 aliphatic heterocycles. The number of methoxy groups -OCH3 is 1. The summed E-state index contributed by atoms with van der Waals surface area (Å²) in [6.07, 6.45) is 0.682. The average molecular weight is 351 g/mol. The zero-order chi connectivity index (χ0) is 18.4. The van der Waals surface area contributed by atoms with Gasteiger partial charge in [-0.1, -0.05) is 47.6 Å². The van der Waals surface area contributed by atoms with Gasteiger partial charge in [-0.15, -0.1) is 0 Å². The van der Waals surface area contributed by atoms with E-state index >= 15 is 0 Å². The second kappa shape index (κ2) is 8.29. The summed E-state index contributed by atoms with van der Waals surface area (Å²) < 4.78 is 10.4. The molecule has 0 aliphatic rings. The third-order valence-electron chi connectivity index (χ3n) is 4.04. The van der Waals surface area contributed by atoms with Gasteiger partial charge in [-0.05, 0) is 24.6 Å². The summed E-state index contributed by atoms with van der Waals surface area (Å²) >= 11 is 0. The summed E-state index contributed by atoms with van der Waals surface area (Å²) in [6, 6.07) is 17.2. The number of amides is 1. The van der Waals surface area contributed by atoms with Crippen LogP contribution in [0.15, 0.2) is 59.1 Å². The quantitative estimate of drug-likeness (QED) is 0.704. The first kappa shape index (κ1) is 17.7. The van der Waals surface area contributed by atoms with Crippen LogP contribution in [0.4, 0.5) is 0 Å². The smallest absolute Gasteiger partial charge is 0.227 e. The molecule has 0 radical (unpaired) electrons. The fraction of sp³-hybridized carbons (Fsp3) is 0.250. The third kappa shape index (κ3) is 4.47. The zero-order valence-corrected chi connectivity index (χ0v) is 14.8. The van der Waals surface area contributed by atoms with Crippen LogP contribution in [0.25, 0.3) is 11.4 Å². The number of carbonyl (C=O) groups is 1. The fourth-order valence-corrected chi connectivity index (χ4v) is 2.59. The van der Waals surface area contributed by atoms with Crippen LogP contribution in [0.3, 0.4) is 0 Å². The molecule has 0 aliphatic carbocycles. The molecular weight excluding hydrogens is 330 g/mol. The Morgan fingerprint density at radius 2 is 2.00 bits per heavy atom. The molecule has 134 valence electrons. The van der Waals surface area contributed by atoms with Crippen molar-refractivity contribution in [2.75, 3.05) is 7.11 Å². The lowest BCUT2D eigenvalue weighted by molar-refractivity contribution is -0.121. The third-order valence-corrected chi connectivity index (χ3v) is 4.04. The highest BCUT2D eigenvalue weighted by molar-refractivity contribution is 5.76. The van der Waals surface area contributed by atoms with Crippen LogP contribution in [0.5, 0.6) is 5.75 Å². The first-order valence-corrected chi connectivity index (χ1v) is 8.47. The molecule has 1 unspecified atom stereocenters. The number of rotatable bonds is 7. The predicted octanol–water partition coefficient (Wildman–Crippen LogP) is 3.56. The number of ether oxygens (including phenoxy) is 1. The monoisotopic (exact) mass is 351 g/mol. The topological polar surface area (TPSA) is 77.2 Å². The molecule has 2 aromatic carbocycles. The molecule has 1 heterocycles. The van der Waals surface area contributed by atoms with Crippen molar-refractivity contribution in [3.8, 4) is 17.1 Å². The van der Waals surface area contributed by atoms with E-state index in [9.17, 15) is 4.79 Å². The molecule has 6 heteroatoms. The van der Waals surface area contributed by atoms with Crippen molar-refractivity contribution in [3.63, 3.8) is 0 Å². The molecular formula is C20H21N3O3. The molecule has 1 aromatic heterocycles. The van der Waals surface area contributed by atoms with Crippen LogP contribution in [-0.4, -0.2) is 23.2 Å². The van der Waals surface area contributed by atoms with Crippen LogP contribution in [0.1, 0.15) is 30.8 Å². The maximum absolute atomic E-state index is 12.1. The summed E-state index contributed by atoms with van der Waals surface area (Å²) in [5.74, 6) is 1.59. The molecule has 1 atom stereocenters. The molecule has 3 aromatic rings. The van der Waals surface area contributed by atoms with Gasteiger partial charge in [0.15, 0.2) is 0 Å². The van der Waals surface area contributed by atoms with E-state index in [0.717, 1.165) is 16.9 Å². The van der Waals surface area contributed by atoms with Gasteiger partial charge in [0.05, 0.1) is 13.2 Å². The van der Waals surface area contributed by atoms with Crippen molar-refractivity contribution < 1.29 is 14.1 Å². The standard InChI is InChI=1S/C20H21N3O3/c1-14(15-7-4-3-5-8-15)21-18(24)11-12-19-22-20(23-26-19)16-9-6-10-17(13-16)25-2/h3-10,13-14H,11-12H2,1-2H3,(H,21,24). The summed E-state index contributed by atoms with van der Waals surface area (Å²) in [4.78, 5) is 16.5. The summed E-state index contributed by atoms with van der Waals surface area (Å²) in [5, 5.41) is 6.95. The van der Waals surface area contributed by atoms with Crippen LogP contribution in [-0.2, 0) is 11.2 Å². The highest BCUT2D eigenvalue weighted by Crippen LogP contribution is 2.21. The van der Waals surface area contributed by atoms with E-state index in [0.29, 0.717) is 18.1 Å². The van der Waals surface area contributed by atoms with E-state index in [1.807, 2.05) is 61.5 Å². The van der Waals surface area contributed by atoms with Crippen molar-refractivity contribution in [1.29, 1.82) is 0 Å². The van der Waals surface area contributed by atoms with E-state index in [1.54, 1.807) is 7.11 Å². The largest absolute Gasteiger partial charge is 0.497 e. The van der Waals surface area contributed by atoms with Crippen LogP contribution in [0.2, 0.25) is 0 Å². The Morgan fingerprint density at radius 3 is 2.77 bits per heavy atom. The molecule has 1 amide bonds. The van der Waals surface area contributed by atoms with Gasteiger partial charge in [-0.2, -0.15) is 4.98 Å². The van der Waals surface area contributed by atoms with E-state index in [4.69, 9.17) is 9.26 Å². The molecule has 6 nitrogen and oxygen atoms in total. The number of hydrogen-bond acceptors (Lipinski definition) is 5. The Morgan fingerprint density at radius 1 is 1.19 bits per heavy atom. The summed E-state index contributed by atoms with van der Waals surface area (Å²) in [7, 11) is 1.61. The molecule has 3 rings (SSSR count). The molecule has 0 saturated heterocycles. The number of carbonyl (C=O) groups excluding carboxylic acids is 1. The Labute approximate surface area is 152 Å². The Kier molecular flexibility index (Phi) is 5.63. The van der Waals surface area contributed by atoms with Crippen molar-refractivity contribution in [2.24, 2.45) is 0 Å². The number of benzene rings is 2. The number of nitrogens with zero attached hydrogens (tertiary/aromatic N) is 2. The van der Waals surface area contributed by atoms with E-state index in [-0.39, 0.29) is 18.4 Å². The summed E-state index contributed by atoms with van der Waals surface area (Å²) in [5.41, 5.74) is 1.88. The predicted molar refractivity (Wildman–Crippen MR) is 97.6 cm³/mol. The van der Waals surface area contributed by atoms with Crippen LogP contribution >= 0.6 is 0 Å². The second-order valence-corrected chi connectivity index (χ2v) is 5.94. The minimum Gasteiger partial charge on any atom is -0.497 e. The fourth-order valence-electron chi connectivity index (χ4n) is 2.59. The second-order valence-electron chi connectivity index (χ2n) is 5.94. The van der Waals surface area contributed by atoms with Gasteiger partial charge in [-0.3, -0.25) is 4.79 Å². The SMILES string of the molecule is COc1cccc(-c2noc(CCC(=O)NC(C)c3ccccc3)n2)c1. The van der Waals surface area contributed by atoms with E-state index in [1.165, 1.54) is 0 Å². The maximum Gasteiger partial charge on any atom is 0.227 e. The zero-order valence-electron chi connectivity index (χ0n) is 14.8.